The van der Waals surface area contributed by atoms with E-state index in [0.717, 1.165) is 27.4 Å². The van der Waals surface area contributed by atoms with Gasteiger partial charge in [0.15, 0.2) is 11.1 Å². The van der Waals surface area contributed by atoms with Gasteiger partial charge >= 0.3 is 0 Å². The van der Waals surface area contributed by atoms with Gasteiger partial charge in [0.1, 0.15) is 5.04 Å². The van der Waals surface area contributed by atoms with Gasteiger partial charge in [0.05, 0.1) is 0 Å². The number of hydrogen-bond acceptors (Lipinski definition) is 5. The Balaban J connectivity index is 1.36. The van der Waals surface area contributed by atoms with Gasteiger partial charge in [-0.15, -0.1) is 0 Å². The fourth-order valence-electron chi connectivity index (χ4n) is 4.50. The van der Waals surface area contributed by atoms with Crippen LogP contribution < -0.4 is 10.3 Å². The second-order valence-corrected chi connectivity index (χ2v) is 9.17. The summed E-state index contributed by atoms with van der Waals surface area (Å²) in [5.41, 5.74) is 7.60. The zero-order valence-electron chi connectivity index (χ0n) is 16.8. The molecule has 6 rings (SSSR count). The lowest BCUT2D eigenvalue weighted by Crippen LogP contribution is -2.48. The molecule has 0 fully saturated rings. The Morgan fingerprint density at radius 3 is 2.48 bits per heavy atom. The molecule has 0 saturated carbocycles. The molecule has 2 heterocycles. The van der Waals surface area contributed by atoms with Crippen molar-refractivity contribution in [2.45, 2.75) is 17.6 Å². The highest BCUT2D eigenvalue weighted by molar-refractivity contribution is 8.15. The van der Waals surface area contributed by atoms with Crippen molar-refractivity contribution in [1.82, 2.24) is 5.43 Å². The zero-order valence-corrected chi connectivity index (χ0v) is 17.6. The zero-order chi connectivity index (χ0) is 20.8. The van der Waals surface area contributed by atoms with E-state index >= 15 is 0 Å². The predicted octanol–water partition coefficient (Wildman–Crippen LogP) is 5.03. The summed E-state index contributed by atoms with van der Waals surface area (Å²) in [7, 11) is 0. The minimum Gasteiger partial charge on any atom is -0.370 e. The van der Waals surface area contributed by atoms with E-state index in [9.17, 15) is 5.11 Å². The second-order valence-electron chi connectivity index (χ2n) is 7.93. The van der Waals surface area contributed by atoms with Crippen molar-refractivity contribution >= 4 is 33.3 Å². The van der Waals surface area contributed by atoms with E-state index in [1.54, 1.807) is 11.8 Å². The smallest absolute Gasteiger partial charge is 0.177 e. The summed E-state index contributed by atoms with van der Waals surface area (Å²) in [5.74, 6) is 0. The van der Waals surface area contributed by atoms with E-state index in [2.05, 4.69) is 70.0 Å². The monoisotopic (exact) mass is 423 g/mol. The molecule has 2 aliphatic rings. The lowest BCUT2D eigenvalue weighted by molar-refractivity contribution is 0.119. The first-order chi connectivity index (χ1) is 15.2. The molecule has 0 aromatic heterocycles. The molecule has 0 saturated heterocycles. The van der Waals surface area contributed by atoms with Gasteiger partial charge in [-0.05, 0) is 28.5 Å². The molecule has 0 aliphatic carbocycles. The Bertz CT molecular complexity index is 1310. The van der Waals surface area contributed by atoms with Gasteiger partial charge in [0, 0.05) is 23.4 Å². The van der Waals surface area contributed by atoms with Crippen LogP contribution >= 0.6 is 11.8 Å². The van der Waals surface area contributed by atoms with Gasteiger partial charge in [0.2, 0.25) is 0 Å². The van der Waals surface area contributed by atoms with E-state index in [1.165, 1.54) is 10.8 Å². The molecule has 0 amide bonds. The van der Waals surface area contributed by atoms with Crippen LogP contribution in [-0.4, -0.2) is 16.4 Å². The number of aliphatic hydroxyl groups excluding tert-OH is 1. The van der Waals surface area contributed by atoms with Gasteiger partial charge < -0.3 is 10.0 Å². The summed E-state index contributed by atoms with van der Waals surface area (Å²) in [5, 5.41) is 19.5. The molecule has 152 valence electrons. The van der Waals surface area contributed by atoms with Gasteiger partial charge in [-0.1, -0.05) is 96.7 Å². The van der Waals surface area contributed by atoms with E-state index in [4.69, 9.17) is 0 Å². The van der Waals surface area contributed by atoms with Gasteiger partial charge in [0.25, 0.3) is 0 Å². The van der Waals surface area contributed by atoms with Gasteiger partial charge in [-0.2, -0.15) is 5.10 Å². The predicted molar refractivity (Wildman–Crippen MR) is 128 cm³/mol. The summed E-state index contributed by atoms with van der Waals surface area (Å²) in [6, 6.07) is 33.2. The molecular formula is C26H21N3OS. The Labute approximate surface area is 185 Å². The highest BCUT2D eigenvalue weighted by Gasteiger charge is 2.54. The first-order valence-corrected chi connectivity index (χ1v) is 11.2. The number of rotatable bonds is 3. The Hall–Kier alpha value is -3.28. The maximum Gasteiger partial charge on any atom is 0.177 e. The number of anilines is 1. The van der Waals surface area contributed by atoms with Crippen molar-refractivity contribution in [3.63, 3.8) is 0 Å². The average Bonchev–Trinajstić information content (AvgIpc) is 3.37. The highest BCUT2D eigenvalue weighted by atomic mass is 32.2. The number of nitrogens with zero attached hydrogens (tertiary/aromatic N) is 2. The number of nitrogens with one attached hydrogen (secondary N) is 1. The topological polar surface area (TPSA) is 47.9 Å². The van der Waals surface area contributed by atoms with Crippen LogP contribution in [-0.2, 0) is 11.4 Å². The molecule has 4 aromatic rings. The Kier molecular flexibility index (Phi) is 4.26. The Morgan fingerprint density at radius 2 is 1.61 bits per heavy atom. The second kappa shape index (κ2) is 7.15. The van der Waals surface area contributed by atoms with Gasteiger partial charge in [-0.3, -0.25) is 5.43 Å². The quantitative estimate of drug-likeness (QED) is 0.485. The molecule has 1 spiro atoms. The van der Waals surface area contributed by atoms with Crippen LogP contribution in [0.1, 0.15) is 16.7 Å². The minimum atomic E-state index is -0.758. The minimum absolute atomic E-state index is 0.619. The molecule has 2 N–H and O–H groups in total. The number of benzene rings is 4. The molecule has 0 radical (unpaired) electrons. The molecule has 2 unspecified atom stereocenters. The SMILES string of the molecule is OC1N(Cc2ccc3ccccc3c2)c2ccccc2C12NN=C(c1ccccc1)S2. The number of para-hydroxylation sites is 1. The van der Waals surface area contributed by atoms with Gasteiger partial charge in [-0.25, -0.2) is 0 Å². The van der Waals surface area contributed by atoms with Crippen LogP contribution in [0.2, 0.25) is 0 Å². The molecule has 4 aromatic carbocycles. The van der Waals surface area contributed by atoms with Crippen molar-refractivity contribution in [2.75, 3.05) is 4.90 Å². The van der Waals surface area contributed by atoms with Crippen molar-refractivity contribution in [3.05, 3.63) is 114 Å². The third-order valence-corrected chi connectivity index (χ3v) is 7.41. The Morgan fingerprint density at radius 1 is 0.871 bits per heavy atom. The number of thioether (sulfide) groups is 1. The van der Waals surface area contributed by atoms with Crippen molar-refractivity contribution in [3.8, 4) is 0 Å². The van der Waals surface area contributed by atoms with Crippen LogP contribution in [0.25, 0.3) is 10.8 Å². The molecule has 4 nitrogen and oxygen atoms in total. The standard InChI is InChI=1S/C26H21N3OS/c30-25-26(28-27-24(31-26)20-9-2-1-3-10-20)22-12-6-7-13-23(22)29(25)17-18-14-15-19-8-4-5-11-21(19)16-18/h1-16,25,28,30H,17H2. The van der Waals surface area contributed by atoms with Crippen molar-refractivity contribution in [1.29, 1.82) is 0 Å². The highest BCUT2D eigenvalue weighted by Crippen LogP contribution is 2.53. The molecule has 0 bridgehead atoms. The first-order valence-electron chi connectivity index (χ1n) is 10.4. The average molecular weight is 424 g/mol. The summed E-state index contributed by atoms with van der Waals surface area (Å²) in [6.07, 6.45) is -0.758. The lowest BCUT2D eigenvalue weighted by Gasteiger charge is -2.31. The lowest BCUT2D eigenvalue weighted by atomic mass is 10.1. The van der Waals surface area contributed by atoms with E-state index < -0.39 is 11.1 Å². The van der Waals surface area contributed by atoms with Crippen LogP contribution in [0.5, 0.6) is 0 Å². The van der Waals surface area contributed by atoms with E-state index in [1.807, 2.05) is 42.5 Å². The van der Waals surface area contributed by atoms with Crippen LogP contribution in [0, 0.1) is 0 Å². The van der Waals surface area contributed by atoms with Crippen LogP contribution in [0.4, 0.5) is 5.69 Å². The normalized spacial score (nSPS) is 21.9. The van der Waals surface area contributed by atoms with Crippen molar-refractivity contribution in [2.24, 2.45) is 5.10 Å². The molecule has 2 aliphatic heterocycles. The molecule has 2 atom stereocenters. The number of hydrogen-bond donors (Lipinski definition) is 2. The third-order valence-electron chi connectivity index (χ3n) is 6.04. The maximum atomic E-state index is 11.6. The molecule has 31 heavy (non-hydrogen) atoms. The van der Waals surface area contributed by atoms with Crippen LogP contribution in [0.15, 0.2) is 102 Å². The third kappa shape index (κ3) is 2.92. The maximum absolute atomic E-state index is 11.6. The fraction of sp³-hybridized carbons (Fsp3) is 0.115. The first kappa shape index (κ1) is 18.5. The number of aliphatic hydroxyl groups is 1. The summed E-state index contributed by atoms with van der Waals surface area (Å²) < 4.78 is 0. The van der Waals surface area contributed by atoms with Crippen LogP contribution in [0.3, 0.4) is 0 Å². The summed E-state index contributed by atoms with van der Waals surface area (Å²) in [6.45, 7) is 0.619. The molecule has 5 heteroatoms. The van der Waals surface area contributed by atoms with E-state index in [0.29, 0.717) is 6.54 Å². The van der Waals surface area contributed by atoms with Crippen molar-refractivity contribution < 1.29 is 5.11 Å². The summed E-state index contributed by atoms with van der Waals surface area (Å²) >= 11 is 1.59. The number of fused-ring (bicyclic) bond motifs is 3. The largest absolute Gasteiger partial charge is 0.370 e. The molecular weight excluding hydrogens is 402 g/mol. The fourth-order valence-corrected chi connectivity index (χ4v) is 5.75. The summed E-state index contributed by atoms with van der Waals surface area (Å²) in [4.78, 5) is 1.35. The van der Waals surface area contributed by atoms with E-state index in [-0.39, 0.29) is 0 Å². The number of hydrazone groups is 1.